The molecule has 0 aliphatic rings. The van der Waals surface area contributed by atoms with E-state index < -0.39 is 6.10 Å². The standard InChI is InChI=1S/C12H15N3O3/c1-17-6-7-18-11-5-3-2-4-9(11)12(16)10-8-13-15-14-10/h2-5,8,12,16H,6-7H2,1H3,(H,13,14,15). The normalized spacial score (nSPS) is 12.3. The molecular weight excluding hydrogens is 234 g/mol. The number of aliphatic hydroxyl groups excluding tert-OH is 1. The first-order valence-electron chi connectivity index (χ1n) is 5.57. The van der Waals surface area contributed by atoms with E-state index in [9.17, 15) is 5.11 Å². The molecule has 1 unspecified atom stereocenters. The highest BCUT2D eigenvalue weighted by atomic mass is 16.5. The number of hydrogen-bond donors (Lipinski definition) is 2. The van der Waals surface area contributed by atoms with Crippen LogP contribution in [0.3, 0.4) is 0 Å². The Labute approximate surface area is 105 Å². The lowest BCUT2D eigenvalue weighted by atomic mass is 10.1. The average Bonchev–Trinajstić information content (AvgIpc) is 2.93. The maximum atomic E-state index is 10.2. The zero-order valence-electron chi connectivity index (χ0n) is 10.0. The fraction of sp³-hybridized carbons (Fsp3) is 0.333. The molecule has 1 atom stereocenters. The Hall–Kier alpha value is -1.92. The Kier molecular flexibility index (Phi) is 4.27. The Balaban J connectivity index is 2.16. The Morgan fingerprint density at radius 1 is 1.33 bits per heavy atom. The Morgan fingerprint density at radius 2 is 2.17 bits per heavy atom. The summed E-state index contributed by atoms with van der Waals surface area (Å²) in [4.78, 5) is 0. The van der Waals surface area contributed by atoms with Crippen molar-refractivity contribution in [2.24, 2.45) is 0 Å². The van der Waals surface area contributed by atoms with Crippen molar-refractivity contribution < 1.29 is 14.6 Å². The molecule has 0 radical (unpaired) electrons. The van der Waals surface area contributed by atoms with E-state index in [1.54, 1.807) is 19.2 Å². The molecule has 1 heterocycles. The number of methoxy groups -OCH3 is 1. The molecule has 2 aromatic rings. The minimum Gasteiger partial charge on any atom is -0.491 e. The number of aromatic amines is 1. The van der Waals surface area contributed by atoms with Gasteiger partial charge in [0.25, 0.3) is 0 Å². The first kappa shape index (κ1) is 12.5. The van der Waals surface area contributed by atoms with Crippen molar-refractivity contribution in [1.82, 2.24) is 15.4 Å². The summed E-state index contributed by atoms with van der Waals surface area (Å²) in [6.45, 7) is 0.924. The van der Waals surface area contributed by atoms with Crippen LogP contribution in [-0.4, -0.2) is 40.8 Å². The lowest BCUT2D eigenvalue weighted by Gasteiger charge is -2.14. The van der Waals surface area contributed by atoms with E-state index in [0.29, 0.717) is 30.2 Å². The zero-order valence-corrected chi connectivity index (χ0v) is 10.0. The van der Waals surface area contributed by atoms with Crippen molar-refractivity contribution >= 4 is 0 Å². The van der Waals surface area contributed by atoms with Crippen LogP contribution in [0.25, 0.3) is 0 Å². The highest BCUT2D eigenvalue weighted by Gasteiger charge is 2.17. The monoisotopic (exact) mass is 249 g/mol. The number of nitrogens with zero attached hydrogens (tertiary/aromatic N) is 2. The van der Waals surface area contributed by atoms with Crippen LogP contribution in [0.5, 0.6) is 5.75 Å². The lowest BCUT2D eigenvalue weighted by Crippen LogP contribution is -2.08. The van der Waals surface area contributed by atoms with Crippen LogP contribution in [0, 0.1) is 0 Å². The summed E-state index contributed by atoms with van der Waals surface area (Å²) in [6, 6.07) is 7.28. The Morgan fingerprint density at radius 3 is 2.89 bits per heavy atom. The molecule has 0 amide bonds. The van der Waals surface area contributed by atoms with Gasteiger partial charge in [0.2, 0.25) is 0 Å². The molecule has 2 rings (SSSR count). The van der Waals surface area contributed by atoms with Gasteiger partial charge in [-0.25, -0.2) is 0 Å². The molecule has 6 nitrogen and oxygen atoms in total. The van der Waals surface area contributed by atoms with Gasteiger partial charge in [-0.1, -0.05) is 18.2 Å². The third-order valence-electron chi connectivity index (χ3n) is 2.47. The van der Waals surface area contributed by atoms with E-state index in [1.807, 2.05) is 12.1 Å². The van der Waals surface area contributed by atoms with Crippen LogP contribution < -0.4 is 4.74 Å². The van der Waals surface area contributed by atoms with Crippen molar-refractivity contribution in [3.05, 3.63) is 41.7 Å². The number of H-pyrrole nitrogens is 1. The molecule has 0 aliphatic carbocycles. The minimum absolute atomic E-state index is 0.430. The van der Waals surface area contributed by atoms with E-state index in [4.69, 9.17) is 9.47 Å². The van der Waals surface area contributed by atoms with Crippen molar-refractivity contribution in [1.29, 1.82) is 0 Å². The van der Waals surface area contributed by atoms with E-state index in [-0.39, 0.29) is 0 Å². The second-order valence-corrected chi connectivity index (χ2v) is 3.68. The quantitative estimate of drug-likeness (QED) is 0.744. The third kappa shape index (κ3) is 2.85. The van der Waals surface area contributed by atoms with Crippen molar-refractivity contribution in [3.8, 4) is 5.75 Å². The van der Waals surface area contributed by atoms with E-state index >= 15 is 0 Å². The highest BCUT2D eigenvalue weighted by Crippen LogP contribution is 2.28. The molecule has 0 saturated heterocycles. The molecule has 0 spiro atoms. The lowest BCUT2D eigenvalue weighted by molar-refractivity contribution is 0.142. The molecule has 0 saturated carbocycles. The summed E-state index contributed by atoms with van der Waals surface area (Å²) in [5.41, 5.74) is 1.11. The number of para-hydroxylation sites is 1. The molecule has 96 valence electrons. The summed E-state index contributed by atoms with van der Waals surface area (Å²) >= 11 is 0. The number of aromatic nitrogens is 3. The van der Waals surface area contributed by atoms with Gasteiger partial charge in [-0.3, -0.25) is 0 Å². The smallest absolute Gasteiger partial charge is 0.128 e. The summed E-state index contributed by atoms with van der Waals surface area (Å²) in [7, 11) is 1.61. The van der Waals surface area contributed by atoms with Crippen LogP contribution in [-0.2, 0) is 4.74 Å². The van der Waals surface area contributed by atoms with Crippen LogP contribution in [0.1, 0.15) is 17.4 Å². The number of ether oxygens (including phenoxy) is 2. The topological polar surface area (TPSA) is 80.3 Å². The first-order valence-corrected chi connectivity index (χ1v) is 5.57. The Bertz CT molecular complexity index is 473. The van der Waals surface area contributed by atoms with E-state index in [2.05, 4.69) is 15.4 Å². The number of rotatable bonds is 6. The van der Waals surface area contributed by atoms with Crippen LogP contribution in [0.2, 0.25) is 0 Å². The highest BCUT2D eigenvalue weighted by molar-refractivity contribution is 5.38. The molecule has 6 heteroatoms. The number of hydrogen-bond acceptors (Lipinski definition) is 5. The number of aliphatic hydroxyl groups is 1. The van der Waals surface area contributed by atoms with Gasteiger partial charge in [-0.05, 0) is 6.07 Å². The van der Waals surface area contributed by atoms with Gasteiger partial charge in [-0.15, -0.1) is 0 Å². The second-order valence-electron chi connectivity index (χ2n) is 3.68. The van der Waals surface area contributed by atoms with Crippen molar-refractivity contribution in [2.45, 2.75) is 6.10 Å². The van der Waals surface area contributed by atoms with Gasteiger partial charge in [0.05, 0.1) is 12.8 Å². The van der Waals surface area contributed by atoms with Gasteiger partial charge in [0, 0.05) is 12.7 Å². The number of nitrogens with one attached hydrogen (secondary N) is 1. The largest absolute Gasteiger partial charge is 0.491 e. The van der Waals surface area contributed by atoms with Gasteiger partial charge < -0.3 is 14.6 Å². The molecule has 0 fully saturated rings. The summed E-state index contributed by atoms with van der Waals surface area (Å²) in [5.74, 6) is 0.616. The fourth-order valence-electron chi connectivity index (χ4n) is 1.57. The molecule has 0 bridgehead atoms. The fourth-order valence-corrected chi connectivity index (χ4v) is 1.57. The summed E-state index contributed by atoms with van der Waals surface area (Å²) < 4.78 is 10.5. The summed E-state index contributed by atoms with van der Waals surface area (Å²) in [5, 5.41) is 20.2. The average molecular weight is 249 g/mol. The van der Waals surface area contributed by atoms with Crippen molar-refractivity contribution in [2.75, 3.05) is 20.3 Å². The predicted molar refractivity (Wildman–Crippen MR) is 64.3 cm³/mol. The van der Waals surface area contributed by atoms with Gasteiger partial charge in [-0.2, -0.15) is 15.4 Å². The van der Waals surface area contributed by atoms with Crippen molar-refractivity contribution in [3.63, 3.8) is 0 Å². The molecule has 1 aromatic carbocycles. The third-order valence-corrected chi connectivity index (χ3v) is 2.47. The van der Waals surface area contributed by atoms with Gasteiger partial charge >= 0.3 is 0 Å². The first-order chi connectivity index (χ1) is 8.83. The molecule has 2 N–H and O–H groups in total. The second kappa shape index (κ2) is 6.13. The zero-order chi connectivity index (χ0) is 12.8. The molecule has 0 aliphatic heterocycles. The van der Waals surface area contributed by atoms with Gasteiger partial charge in [0.1, 0.15) is 24.2 Å². The molecule has 1 aromatic heterocycles. The van der Waals surface area contributed by atoms with Crippen LogP contribution in [0.4, 0.5) is 0 Å². The SMILES string of the molecule is COCCOc1ccccc1C(O)c1cn[nH]n1. The molecule has 18 heavy (non-hydrogen) atoms. The molecular formula is C12H15N3O3. The van der Waals surface area contributed by atoms with Gasteiger partial charge in [0.15, 0.2) is 0 Å². The maximum absolute atomic E-state index is 10.2. The van der Waals surface area contributed by atoms with E-state index in [0.717, 1.165) is 0 Å². The summed E-state index contributed by atoms with van der Waals surface area (Å²) in [6.07, 6.45) is 0.624. The predicted octanol–water partition coefficient (Wildman–Crippen LogP) is 0.912. The minimum atomic E-state index is -0.859. The van der Waals surface area contributed by atoms with Crippen LogP contribution >= 0.6 is 0 Å². The van der Waals surface area contributed by atoms with Crippen LogP contribution in [0.15, 0.2) is 30.5 Å². The maximum Gasteiger partial charge on any atom is 0.128 e. The number of benzene rings is 1. The van der Waals surface area contributed by atoms with E-state index in [1.165, 1.54) is 6.20 Å².